The summed E-state index contributed by atoms with van der Waals surface area (Å²) in [5, 5.41) is 4.06. The molecule has 5 aromatic rings. The number of nitrogens with one attached hydrogen (secondary N) is 1. The molecular formula is C29H31ClN10O. The van der Waals surface area contributed by atoms with Crippen LogP contribution in [0.25, 0.3) is 16.9 Å². The predicted octanol–water partition coefficient (Wildman–Crippen LogP) is 4.67. The molecule has 41 heavy (non-hydrogen) atoms. The van der Waals surface area contributed by atoms with Crippen LogP contribution in [-0.4, -0.2) is 73.8 Å². The molecule has 0 unspecified atom stereocenters. The van der Waals surface area contributed by atoms with Crippen molar-refractivity contribution < 1.29 is 4.74 Å². The van der Waals surface area contributed by atoms with Gasteiger partial charge in [0.05, 0.1) is 35.0 Å². The molecule has 210 valence electrons. The molecule has 2 aromatic carbocycles. The number of rotatable bonds is 8. The van der Waals surface area contributed by atoms with E-state index in [1.54, 1.807) is 6.33 Å². The number of aromatic nitrogens is 6. The Kier molecular flexibility index (Phi) is 7.64. The monoisotopic (exact) mass is 570 g/mol. The van der Waals surface area contributed by atoms with Gasteiger partial charge in [0.15, 0.2) is 0 Å². The van der Waals surface area contributed by atoms with Crippen molar-refractivity contribution in [3.8, 4) is 5.82 Å². The summed E-state index contributed by atoms with van der Waals surface area (Å²) in [5.41, 5.74) is 10.5. The fourth-order valence-corrected chi connectivity index (χ4v) is 5.24. The van der Waals surface area contributed by atoms with E-state index in [0.29, 0.717) is 40.8 Å². The first-order chi connectivity index (χ1) is 20.0. The molecule has 0 spiro atoms. The second-order valence-electron chi connectivity index (χ2n) is 9.86. The highest BCUT2D eigenvalue weighted by Gasteiger charge is 2.22. The van der Waals surface area contributed by atoms with Gasteiger partial charge in [0.1, 0.15) is 35.9 Å². The number of hydrogen-bond donors (Lipinski definition) is 2. The zero-order valence-corrected chi connectivity index (χ0v) is 23.7. The molecule has 3 aromatic heterocycles. The molecule has 1 fully saturated rings. The largest absolute Gasteiger partial charge is 0.383 e. The van der Waals surface area contributed by atoms with Gasteiger partial charge in [-0.15, -0.1) is 0 Å². The number of imidazole rings is 1. The summed E-state index contributed by atoms with van der Waals surface area (Å²) in [6.07, 6.45) is 3.05. The number of para-hydroxylation sites is 3. The Labute approximate surface area is 243 Å². The van der Waals surface area contributed by atoms with E-state index in [4.69, 9.17) is 27.1 Å². The molecule has 11 nitrogen and oxygen atoms in total. The molecular weight excluding hydrogens is 540 g/mol. The predicted molar refractivity (Wildman–Crippen MR) is 162 cm³/mol. The molecule has 1 aliphatic rings. The van der Waals surface area contributed by atoms with Gasteiger partial charge in [0.2, 0.25) is 5.95 Å². The number of nitrogens with two attached hydrogens (primary N) is 1. The number of benzene rings is 2. The van der Waals surface area contributed by atoms with Gasteiger partial charge in [0.25, 0.3) is 0 Å². The molecule has 0 aliphatic carbocycles. The number of fused-ring (bicyclic) bond motifs is 1. The minimum Gasteiger partial charge on any atom is -0.383 e. The van der Waals surface area contributed by atoms with Crippen molar-refractivity contribution in [2.75, 3.05) is 55.3 Å². The summed E-state index contributed by atoms with van der Waals surface area (Å²) < 4.78 is 7.51. The summed E-state index contributed by atoms with van der Waals surface area (Å²) >= 11 is 6.57. The van der Waals surface area contributed by atoms with Crippen molar-refractivity contribution in [3.05, 3.63) is 77.3 Å². The minimum absolute atomic E-state index is 0.433. The topological polar surface area (TPSA) is 123 Å². The lowest BCUT2D eigenvalue weighted by Gasteiger charge is -2.30. The summed E-state index contributed by atoms with van der Waals surface area (Å²) in [7, 11) is 0. The van der Waals surface area contributed by atoms with Crippen LogP contribution in [0.1, 0.15) is 11.1 Å². The highest BCUT2D eigenvalue weighted by atomic mass is 35.5. The van der Waals surface area contributed by atoms with E-state index in [0.717, 1.165) is 60.7 Å². The van der Waals surface area contributed by atoms with Crippen LogP contribution < -0.4 is 16.0 Å². The van der Waals surface area contributed by atoms with E-state index in [1.807, 2.05) is 66.9 Å². The van der Waals surface area contributed by atoms with Crippen LogP contribution in [0.4, 0.5) is 29.1 Å². The normalized spacial score (nSPS) is 13.9. The molecule has 3 N–H and O–H groups in total. The van der Waals surface area contributed by atoms with Gasteiger partial charge in [-0.05, 0) is 37.6 Å². The van der Waals surface area contributed by atoms with E-state index < -0.39 is 0 Å². The minimum atomic E-state index is 0.433. The average Bonchev–Trinajstić information content (AvgIpc) is 3.36. The van der Waals surface area contributed by atoms with Crippen molar-refractivity contribution in [1.29, 1.82) is 0 Å². The molecule has 6 rings (SSSR count). The fourth-order valence-electron chi connectivity index (χ4n) is 4.97. The van der Waals surface area contributed by atoms with Crippen molar-refractivity contribution >= 4 is 51.7 Å². The first kappa shape index (κ1) is 26.9. The molecule has 1 saturated heterocycles. The Balaban J connectivity index is 1.43. The van der Waals surface area contributed by atoms with Crippen LogP contribution in [-0.2, 0) is 4.74 Å². The summed E-state index contributed by atoms with van der Waals surface area (Å²) in [4.78, 5) is 27.4. The Morgan fingerprint density at radius 2 is 1.80 bits per heavy atom. The van der Waals surface area contributed by atoms with Crippen molar-refractivity contribution in [1.82, 2.24) is 34.4 Å². The van der Waals surface area contributed by atoms with Crippen molar-refractivity contribution in [2.24, 2.45) is 0 Å². The van der Waals surface area contributed by atoms with Gasteiger partial charge >= 0.3 is 0 Å². The molecule has 1 aliphatic heterocycles. The maximum absolute atomic E-state index is 6.57. The van der Waals surface area contributed by atoms with Crippen LogP contribution in [0.15, 0.2) is 61.2 Å². The maximum atomic E-state index is 6.57. The molecule has 0 radical (unpaired) electrons. The fraction of sp³-hybridized carbons (Fsp3) is 0.276. The second-order valence-corrected chi connectivity index (χ2v) is 10.3. The van der Waals surface area contributed by atoms with E-state index in [2.05, 4.69) is 35.1 Å². The van der Waals surface area contributed by atoms with Crippen LogP contribution in [0, 0.1) is 13.8 Å². The molecule has 0 saturated carbocycles. The highest BCUT2D eigenvalue weighted by molar-refractivity contribution is 6.33. The molecule has 0 bridgehead atoms. The van der Waals surface area contributed by atoms with Crippen LogP contribution in [0.2, 0.25) is 5.02 Å². The third kappa shape index (κ3) is 5.51. The number of morpholine rings is 1. The molecule has 0 atom stereocenters. The zero-order chi connectivity index (χ0) is 28.3. The van der Waals surface area contributed by atoms with E-state index in [1.165, 1.54) is 6.33 Å². The van der Waals surface area contributed by atoms with Gasteiger partial charge < -0.3 is 20.7 Å². The van der Waals surface area contributed by atoms with Crippen molar-refractivity contribution in [3.63, 3.8) is 0 Å². The average molecular weight is 571 g/mol. The Bertz CT molecular complexity index is 1660. The first-order valence-electron chi connectivity index (χ1n) is 13.5. The highest BCUT2D eigenvalue weighted by Crippen LogP contribution is 2.33. The van der Waals surface area contributed by atoms with Gasteiger partial charge in [-0.2, -0.15) is 0 Å². The number of nitrogen functional groups attached to an aromatic ring is 1. The number of ether oxygens (including phenoxy) is 1. The third-order valence-electron chi connectivity index (χ3n) is 7.26. The first-order valence-corrected chi connectivity index (χ1v) is 13.8. The van der Waals surface area contributed by atoms with Gasteiger partial charge in [0, 0.05) is 37.8 Å². The quantitative estimate of drug-likeness (QED) is 0.272. The number of anilines is 5. The zero-order valence-electron chi connectivity index (χ0n) is 23.0. The SMILES string of the molecule is Cc1cccc(Cl)c1Nc1nc2ccccc2n1-c1cc(N(CCN2CCOCC2)c2ncnc(N)c2C)ncn1. The lowest BCUT2D eigenvalue weighted by Crippen LogP contribution is -2.41. The second kappa shape index (κ2) is 11.7. The van der Waals surface area contributed by atoms with Gasteiger partial charge in [-0.25, -0.2) is 24.9 Å². The van der Waals surface area contributed by atoms with Crippen LogP contribution >= 0.6 is 11.6 Å². The van der Waals surface area contributed by atoms with E-state index >= 15 is 0 Å². The lowest BCUT2D eigenvalue weighted by atomic mass is 10.2. The number of aryl methyl sites for hydroxylation is 1. The standard InChI is InChI=1S/C29H31ClN10O/c1-19-6-5-7-21(30)26(19)37-29-36-22-8-3-4-9-23(22)40(29)25-16-24(32-17-33-25)39(11-10-38-12-14-41-15-13-38)28-20(2)27(31)34-18-35-28/h3-9,16-18H,10-15H2,1-2H3,(H,36,37)(H2,31,34,35). The third-order valence-corrected chi connectivity index (χ3v) is 7.57. The Hall–Kier alpha value is -4.32. The van der Waals surface area contributed by atoms with Crippen LogP contribution in [0.3, 0.4) is 0 Å². The van der Waals surface area contributed by atoms with Crippen molar-refractivity contribution in [2.45, 2.75) is 13.8 Å². The Morgan fingerprint density at radius 1 is 1.00 bits per heavy atom. The summed E-state index contributed by atoms with van der Waals surface area (Å²) in [5.74, 6) is 3.06. The summed E-state index contributed by atoms with van der Waals surface area (Å²) in [6.45, 7) is 8.59. The number of nitrogens with zero attached hydrogens (tertiary/aromatic N) is 8. The van der Waals surface area contributed by atoms with E-state index in [9.17, 15) is 0 Å². The maximum Gasteiger partial charge on any atom is 0.214 e. The van der Waals surface area contributed by atoms with E-state index in [-0.39, 0.29) is 0 Å². The van der Waals surface area contributed by atoms with Gasteiger partial charge in [-0.3, -0.25) is 9.47 Å². The van der Waals surface area contributed by atoms with Crippen LogP contribution in [0.5, 0.6) is 0 Å². The molecule has 12 heteroatoms. The molecule has 0 amide bonds. The summed E-state index contributed by atoms with van der Waals surface area (Å²) in [6, 6.07) is 15.7. The Morgan fingerprint density at radius 3 is 2.63 bits per heavy atom. The number of halogens is 1. The van der Waals surface area contributed by atoms with Gasteiger partial charge in [-0.1, -0.05) is 35.9 Å². The molecule has 4 heterocycles. The smallest absolute Gasteiger partial charge is 0.214 e. The number of hydrogen-bond acceptors (Lipinski definition) is 10. The lowest BCUT2D eigenvalue weighted by molar-refractivity contribution is 0.0394.